The lowest BCUT2D eigenvalue weighted by molar-refractivity contribution is 0.139. The number of para-hydroxylation sites is 1. The molecule has 112 valence electrons. The zero-order valence-electron chi connectivity index (χ0n) is 12.8. The monoisotopic (exact) mass is 278 g/mol. The van der Waals surface area contributed by atoms with E-state index in [1.54, 1.807) is 0 Å². The molecule has 0 saturated carbocycles. The Balaban J connectivity index is 2.17. The first-order chi connectivity index (χ1) is 9.71. The molecule has 0 aliphatic carbocycles. The topological polar surface area (TPSA) is 47.7 Å². The quantitative estimate of drug-likeness (QED) is 0.868. The molecule has 2 rings (SSSR count). The van der Waals surface area contributed by atoms with Crippen LogP contribution in [0.15, 0.2) is 18.2 Å². The molecule has 2 atom stereocenters. The van der Waals surface area contributed by atoms with Gasteiger partial charge in [-0.25, -0.2) is 0 Å². The summed E-state index contributed by atoms with van der Waals surface area (Å²) in [6.07, 6.45) is 0. The predicted molar refractivity (Wildman–Crippen MR) is 81.3 cm³/mol. The third kappa shape index (κ3) is 3.07. The molecule has 20 heavy (non-hydrogen) atoms. The number of nitrogens with two attached hydrogens (primary N) is 1. The van der Waals surface area contributed by atoms with E-state index in [0.29, 0.717) is 19.1 Å². The molecule has 1 heterocycles. The molecule has 0 amide bonds. The van der Waals surface area contributed by atoms with Crippen molar-refractivity contribution in [2.45, 2.75) is 26.8 Å². The lowest BCUT2D eigenvalue weighted by Crippen LogP contribution is -2.40. The van der Waals surface area contributed by atoms with Crippen LogP contribution in [-0.2, 0) is 0 Å². The Bertz CT molecular complexity index is 432. The fourth-order valence-electron chi connectivity index (χ4n) is 2.75. The van der Waals surface area contributed by atoms with E-state index in [-0.39, 0.29) is 6.04 Å². The number of hydrogen-bond acceptors (Lipinski definition) is 4. The van der Waals surface area contributed by atoms with Gasteiger partial charge in [0.25, 0.3) is 0 Å². The molecular formula is C16H26N2O2. The summed E-state index contributed by atoms with van der Waals surface area (Å²) < 4.78 is 11.6. The van der Waals surface area contributed by atoms with Gasteiger partial charge >= 0.3 is 0 Å². The van der Waals surface area contributed by atoms with Crippen molar-refractivity contribution in [3.05, 3.63) is 23.8 Å². The number of rotatable bonds is 6. The van der Waals surface area contributed by atoms with Crippen molar-refractivity contribution in [1.29, 1.82) is 0 Å². The number of benzene rings is 1. The molecule has 0 fully saturated rings. The molecule has 2 N–H and O–H groups in total. The van der Waals surface area contributed by atoms with Crippen LogP contribution in [0.5, 0.6) is 11.5 Å². The molecule has 0 aromatic heterocycles. The van der Waals surface area contributed by atoms with Gasteiger partial charge in [0.2, 0.25) is 0 Å². The van der Waals surface area contributed by atoms with Crippen LogP contribution in [0.1, 0.15) is 32.4 Å². The van der Waals surface area contributed by atoms with Crippen LogP contribution in [0.2, 0.25) is 0 Å². The lowest BCUT2D eigenvalue weighted by atomic mass is 9.90. The van der Waals surface area contributed by atoms with E-state index in [0.717, 1.165) is 36.7 Å². The average Bonchev–Trinajstić information content (AvgIpc) is 2.48. The standard InChI is InChI=1S/C16H26N2O2/c1-4-18(5-2)10-12-11-20-16-13(15(12)17)8-7-9-14(16)19-6-3/h7-9,12,15H,4-6,10-11,17H2,1-3H3. The molecule has 4 nitrogen and oxygen atoms in total. The van der Waals surface area contributed by atoms with E-state index < -0.39 is 0 Å². The average molecular weight is 278 g/mol. The zero-order chi connectivity index (χ0) is 14.5. The highest BCUT2D eigenvalue weighted by Gasteiger charge is 2.30. The maximum absolute atomic E-state index is 6.45. The summed E-state index contributed by atoms with van der Waals surface area (Å²) in [6.45, 7) is 10.7. The largest absolute Gasteiger partial charge is 0.490 e. The molecule has 0 spiro atoms. The van der Waals surface area contributed by atoms with Crippen LogP contribution in [0, 0.1) is 5.92 Å². The Labute approximate surface area is 121 Å². The molecule has 0 radical (unpaired) electrons. The highest BCUT2D eigenvalue weighted by atomic mass is 16.5. The van der Waals surface area contributed by atoms with E-state index in [9.17, 15) is 0 Å². The van der Waals surface area contributed by atoms with Crippen molar-refractivity contribution in [3.8, 4) is 11.5 Å². The minimum Gasteiger partial charge on any atom is -0.490 e. The van der Waals surface area contributed by atoms with Gasteiger partial charge in [-0.1, -0.05) is 26.0 Å². The van der Waals surface area contributed by atoms with Gasteiger partial charge in [0.15, 0.2) is 11.5 Å². The molecular weight excluding hydrogens is 252 g/mol. The summed E-state index contributed by atoms with van der Waals surface area (Å²) in [5, 5.41) is 0. The van der Waals surface area contributed by atoms with Crippen LogP contribution >= 0.6 is 0 Å². The minimum absolute atomic E-state index is 0.0137. The summed E-state index contributed by atoms with van der Waals surface area (Å²) in [5.74, 6) is 1.97. The van der Waals surface area contributed by atoms with E-state index in [2.05, 4.69) is 24.8 Å². The van der Waals surface area contributed by atoms with Crippen LogP contribution < -0.4 is 15.2 Å². The fraction of sp³-hybridized carbons (Fsp3) is 0.625. The molecule has 0 saturated heterocycles. The van der Waals surface area contributed by atoms with Crippen molar-refractivity contribution < 1.29 is 9.47 Å². The first kappa shape index (κ1) is 15.1. The zero-order valence-corrected chi connectivity index (χ0v) is 12.8. The van der Waals surface area contributed by atoms with Crippen LogP contribution in [0.25, 0.3) is 0 Å². The van der Waals surface area contributed by atoms with Gasteiger partial charge in [0, 0.05) is 24.1 Å². The first-order valence-corrected chi connectivity index (χ1v) is 7.57. The molecule has 0 bridgehead atoms. The van der Waals surface area contributed by atoms with Gasteiger partial charge in [0.1, 0.15) is 0 Å². The van der Waals surface area contributed by atoms with Gasteiger partial charge in [-0.05, 0) is 26.1 Å². The molecule has 1 aliphatic heterocycles. The first-order valence-electron chi connectivity index (χ1n) is 7.57. The van der Waals surface area contributed by atoms with E-state index in [1.165, 1.54) is 0 Å². The van der Waals surface area contributed by atoms with Gasteiger partial charge < -0.3 is 20.1 Å². The molecule has 2 unspecified atom stereocenters. The number of fused-ring (bicyclic) bond motifs is 1. The number of ether oxygens (including phenoxy) is 2. The van der Waals surface area contributed by atoms with Gasteiger partial charge in [-0.15, -0.1) is 0 Å². The second kappa shape index (κ2) is 6.95. The van der Waals surface area contributed by atoms with Crippen LogP contribution in [0.4, 0.5) is 0 Å². The van der Waals surface area contributed by atoms with E-state index in [1.807, 2.05) is 19.1 Å². The van der Waals surface area contributed by atoms with Crippen LogP contribution in [0.3, 0.4) is 0 Å². The SMILES string of the molecule is CCOc1cccc2c1OCC(CN(CC)CC)C2N. The Kier molecular flexibility index (Phi) is 5.26. The van der Waals surface area contributed by atoms with E-state index in [4.69, 9.17) is 15.2 Å². The maximum atomic E-state index is 6.45. The second-order valence-electron chi connectivity index (χ2n) is 5.19. The summed E-state index contributed by atoms with van der Waals surface area (Å²) in [4.78, 5) is 2.39. The summed E-state index contributed by atoms with van der Waals surface area (Å²) >= 11 is 0. The number of hydrogen-bond donors (Lipinski definition) is 1. The highest BCUT2D eigenvalue weighted by Crippen LogP contribution is 2.40. The number of nitrogens with zero attached hydrogens (tertiary/aromatic N) is 1. The second-order valence-corrected chi connectivity index (χ2v) is 5.19. The van der Waals surface area contributed by atoms with Gasteiger partial charge in [-0.2, -0.15) is 0 Å². The Hall–Kier alpha value is -1.26. The molecule has 4 heteroatoms. The predicted octanol–water partition coefficient (Wildman–Crippen LogP) is 2.44. The van der Waals surface area contributed by atoms with Crippen molar-refractivity contribution in [3.63, 3.8) is 0 Å². The summed E-state index contributed by atoms with van der Waals surface area (Å²) in [6, 6.07) is 6.00. The maximum Gasteiger partial charge on any atom is 0.165 e. The fourth-order valence-corrected chi connectivity index (χ4v) is 2.75. The minimum atomic E-state index is 0.0137. The lowest BCUT2D eigenvalue weighted by Gasteiger charge is -2.34. The van der Waals surface area contributed by atoms with Crippen molar-refractivity contribution in [2.24, 2.45) is 11.7 Å². The van der Waals surface area contributed by atoms with E-state index >= 15 is 0 Å². The molecule has 1 aliphatic rings. The van der Waals surface area contributed by atoms with Crippen molar-refractivity contribution in [2.75, 3.05) is 32.8 Å². The van der Waals surface area contributed by atoms with Gasteiger partial charge in [-0.3, -0.25) is 0 Å². The molecule has 1 aromatic rings. The molecule has 1 aromatic carbocycles. The van der Waals surface area contributed by atoms with Gasteiger partial charge in [0.05, 0.1) is 13.2 Å². The normalized spacial score (nSPS) is 21.4. The Morgan fingerprint density at radius 1 is 1.30 bits per heavy atom. The smallest absolute Gasteiger partial charge is 0.165 e. The third-order valence-corrected chi connectivity index (χ3v) is 4.01. The van der Waals surface area contributed by atoms with Crippen molar-refractivity contribution in [1.82, 2.24) is 4.90 Å². The summed E-state index contributed by atoms with van der Waals surface area (Å²) in [5.41, 5.74) is 7.52. The van der Waals surface area contributed by atoms with Crippen LogP contribution in [-0.4, -0.2) is 37.7 Å². The highest BCUT2D eigenvalue weighted by molar-refractivity contribution is 5.49. The Morgan fingerprint density at radius 2 is 2.05 bits per heavy atom. The Morgan fingerprint density at radius 3 is 2.70 bits per heavy atom. The van der Waals surface area contributed by atoms with Crippen molar-refractivity contribution >= 4 is 0 Å². The summed E-state index contributed by atoms with van der Waals surface area (Å²) in [7, 11) is 0. The third-order valence-electron chi connectivity index (χ3n) is 4.01.